The van der Waals surface area contributed by atoms with Crippen LogP contribution in [0.3, 0.4) is 0 Å². The van der Waals surface area contributed by atoms with E-state index in [4.69, 9.17) is 5.11 Å². The summed E-state index contributed by atoms with van der Waals surface area (Å²) in [6.07, 6.45) is 11.4. The molecule has 1 heteroatoms. The Bertz CT molecular complexity index is 199. The van der Waals surface area contributed by atoms with Crippen molar-refractivity contribution in [2.75, 3.05) is 7.11 Å². The van der Waals surface area contributed by atoms with Crippen LogP contribution in [0, 0.1) is 0 Å². The van der Waals surface area contributed by atoms with E-state index in [0.717, 1.165) is 7.11 Å². The van der Waals surface area contributed by atoms with Gasteiger partial charge in [0.25, 0.3) is 0 Å². The third-order valence-electron chi connectivity index (χ3n) is 2.20. The molecule has 0 aromatic carbocycles. The molecule has 0 aliphatic rings. The fraction of sp³-hybridized carbons (Fsp3) is 0.571. The average molecular weight is 210 g/mol. The van der Waals surface area contributed by atoms with E-state index in [2.05, 4.69) is 39.5 Å². The van der Waals surface area contributed by atoms with Crippen molar-refractivity contribution in [2.45, 2.75) is 46.5 Å². The van der Waals surface area contributed by atoms with Gasteiger partial charge in [-0.25, -0.2) is 0 Å². The van der Waals surface area contributed by atoms with E-state index in [9.17, 15) is 0 Å². The Morgan fingerprint density at radius 1 is 1.27 bits per heavy atom. The zero-order valence-electron chi connectivity index (χ0n) is 10.7. The van der Waals surface area contributed by atoms with Gasteiger partial charge in [0.1, 0.15) is 0 Å². The molecule has 1 nitrogen and oxygen atoms in total. The second kappa shape index (κ2) is 13.2. The minimum absolute atomic E-state index is 1.00. The molecule has 1 N–H and O–H groups in total. The van der Waals surface area contributed by atoms with Crippen molar-refractivity contribution in [3.05, 3.63) is 36.0 Å². The quantitative estimate of drug-likeness (QED) is 0.513. The Morgan fingerprint density at radius 3 is 2.27 bits per heavy atom. The van der Waals surface area contributed by atoms with Crippen LogP contribution in [0.5, 0.6) is 0 Å². The number of aliphatic hydroxyl groups is 1. The van der Waals surface area contributed by atoms with Crippen molar-refractivity contribution in [2.24, 2.45) is 0 Å². The van der Waals surface area contributed by atoms with Crippen molar-refractivity contribution in [3.8, 4) is 0 Å². The van der Waals surface area contributed by atoms with Crippen LogP contribution in [-0.4, -0.2) is 12.2 Å². The molecule has 0 bridgehead atoms. The van der Waals surface area contributed by atoms with Crippen molar-refractivity contribution < 1.29 is 5.11 Å². The second-order valence-corrected chi connectivity index (χ2v) is 3.41. The molecule has 0 saturated carbocycles. The molecule has 0 unspecified atom stereocenters. The van der Waals surface area contributed by atoms with Crippen LogP contribution >= 0.6 is 0 Å². The van der Waals surface area contributed by atoms with Crippen LogP contribution in [-0.2, 0) is 0 Å². The number of unbranched alkanes of at least 4 members (excludes halogenated alkanes) is 2. The Morgan fingerprint density at radius 2 is 1.87 bits per heavy atom. The first-order valence-corrected chi connectivity index (χ1v) is 5.65. The van der Waals surface area contributed by atoms with E-state index in [1.54, 1.807) is 0 Å². The maximum atomic E-state index is 7.00. The second-order valence-electron chi connectivity index (χ2n) is 3.41. The predicted octanol–water partition coefficient (Wildman–Crippen LogP) is 4.25. The number of aliphatic hydroxyl groups excluding tert-OH is 1. The highest BCUT2D eigenvalue weighted by molar-refractivity contribution is 5.27. The average Bonchev–Trinajstić information content (AvgIpc) is 2.30. The van der Waals surface area contributed by atoms with Crippen LogP contribution in [0.4, 0.5) is 0 Å². The lowest BCUT2D eigenvalue weighted by molar-refractivity contribution is 0.399. The summed E-state index contributed by atoms with van der Waals surface area (Å²) in [5.74, 6) is 0. The first-order valence-electron chi connectivity index (χ1n) is 5.65. The Kier molecular flexibility index (Phi) is 14.6. The molecule has 0 aromatic heterocycles. The largest absolute Gasteiger partial charge is 0.400 e. The van der Waals surface area contributed by atoms with Gasteiger partial charge in [0.05, 0.1) is 0 Å². The van der Waals surface area contributed by atoms with Gasteiger partial charge in [-0.2, -0.15) is 0 Å². The number of allylic oxidation sites excluding steroid dienone is 5. The van der Waals surface area contributed by atoms with E-state index < -0.39 is 0 Å². The highest BCUT2D eigenvalue weighted by atomic mass is 16.2. The molecule has 0 fully saturated rings. The fourth-order valence-electron chi connectivity index (χ4n) is 1.19. The highest BCUT2D eigenvalue weighted by Crippen LogP contribution is 2.12. The third kappa shape index (κ3) is 11.1. The number of rotatable bonds is 6. The van der Waals surface area contributed by atoms with Crippen molar-refractivity contribution in [1.29, 1.82) is 0 Å². The van der Waals surface area contributed by atoms with Gasteiger partial charge < -0.3 is 5.11 Å². The Balaban J connectivity index is 0. The summed E-state index contributed by atoms with van der Waals surface area (Å²) in [5, 5.41) is 7.00. The predicted molar refractivity (Wildman–Crippen MR) is 70.0 cm³/mol. The molecule has 0 atom stereocenters. The summed E-state index contributed by atoms with van der Waals surface area (Å²) in [7, 11) is 1.00. The minimum atomic E-state index is 1.00. The molecule has 15 heavy (non-hydrogen) atoms. The molecule has 0 amide bonds. The van der Waals surface area contributed by atoms with Crippen LogP contribution in [0.2, 0.25) is 0 Å². The van der Waals surface area contributed by atoms with Crippen molar-refractivity contribution >= 4 is 0 Å². The van der Waals surface area contributed by atoms with Crippen LogP contribution < -0.4 is 0 Å². The van der Waals surface area contributed by atoms with Gasteiger partial charge in [-0.3, -0.25) is 0 Å². The first-order chi connectivity index (χ1) is 7.24. The zero-order chi connectivity index (χ0) is 12.1. The smallest absolute Gasteiger partial charge is 0.0319 e. The number of hydrogen-bond donors (Lipinski definition) is 1. The van der Waals surface area contributed by atoms with Gasteiger partial charge in [0.2, 0.25) is 0 Å². The maximum Gasteiger partial charge on any atom is 0.0319 e. The lowest BCUT2D eigenvalue weighted by atomic mass is 10.1. The normalized spacial score (nSPS) is 11.8. The summed E-state index contributed by atoms with van der Waals surface area (Å²) < 4.78 is 0. The van der Waals surface area contributed by atoms with Crippen LogP contribution in [0.25, 0.3) is 0 Å². The molecule has 0 aliphatic carbocycles. The van der Waals surface area contributed by atoms with E-state index in [1.807, 2.05) is 6.08 Å². The topological polar surface area (TPSA) is 20.2 Å². The maximum absolute atomic E-state index is 7.00. The van der Waals surface area contributed by atoms with Crippen molar-refractivity contribution in [3.63, 3.8) is 0 Å². The summed E-state index contributed by atoms with van der Waals surface area (Å²) in [4.78, 5) is 0. The molecule has 0 radical (unpaired) electrons. The van der Waals surface area contributed by atoms with Crippen LogP contribution in [0.15, 0.2) is 36.0 Å². The first kappa shape index (κ1) is 16.6. The molecule has 0 heterocycles. The summed E-state index contributed by atoms with van der Waals surface area (Å²) >= 11 is 0. The Hall–Kier alpha value is -0.820. The molecule has 0 aliphatic heterocycles. The molecule has 0 rings (SSSR count). The lowest BCUT2D eigenvalue weighted by Gasteiger charge is -2.01. The van der Waals surface area contributed by atoms with Gasteiger partial charge >= 0.3 is 0 Å². The van der Waals surface area contributed by atoms with E-state index in [1.165, 1.54) is 36.8 Å². The lowest BCUT2D eigenvalue weighted by Crippen LogP contribution is -1.81. The van der Waals surface area contributed by atoms with Gasteiger partial charge in [-0.05, 0) is 32.3 Å². The fourth-order valence-corrected chi connectivity index (χ4v) is 1.19. The third-order valence-corrected chi connectivity index (χ3v) is 2.20. The van der Waals surface area contributed by atoms with E-state index >= 15 is 0 Å². The van der Waals surface area contributed by atoms with Gasteiger partial charge in [-0.1, -0.05) is 50.1 Å². The molecular weight excluding hydrogens is 184 g/mol. The monoisotopic (exact) mass is 210 g/mol. The van der Waals surface area contributed by atoms with E-state index in [0.29, 0.717) is 0 Å². The zero-order valence-corrected chi connectivity index (χ0v) is 10.7. The van der Waals surface area contributed by atoms with Gasteiger partial charge in [0, 0.05) is 7.11 Å². The summed E-state index contributed by atoms with van der Waals surface area (Å²) in [5.41, 5.74) is 2.69. The summed E-state index contributed by atoms with van der Waals surface area (Å²) in [6, 6.07) is 0. The molecular formula is C14H26O. The highest BCUT2D eigenvalue weighted by Gasteiger charge is 1.92. The molecule has 88 valence electrons. The summed E-state index contributed by atoms with van der Waals surface area (Å²) in [6.45, 7) is 10.3. The van der Waals surface area contributed by atoms with Gasteiger partial charge in [-0.15, -0.1) is 0 Å². The minimum Gasteiger partial charge on any atom is -0.400 e. The van der Waals surface area contributed by atoms with Crippen molar-refractivity contribution in [1.82, 2.24) is 0 Å². The van der Waals surface area contributed by atoms with Gasteiger partial charge in [0.15, 0.2) is 0 Å². The molecule has 0 spiro atoms. The molecule has 0 aromatic rings. The molecule has 0 saturated heterocycles. The van der Waals surface area contributed by atoms with Crippen LogP contribution in [0.1, 0.15) is 46.5 Å². The SMILES string of the molecule is C=C/C(=C\C(C)=C/C)CCCCC.CO. The van der Waals surface area contributed by atoms with E-state index in [-0.39, 0.29) is 0 Å². The number of hydrogen-bond acceptors (Lipinski definition) is 1. The Labute approximate surface area is 95.2 Å². The standard InChI is InChI=1S/C13H22.CH4O/c1-5-8-9-10-13(7-3)11-12(4)6-2;1-2/h6-7,11H,3,5,8-10H2,1-2,4H3;2H,1H3/b12-6-,13-11+;.